The van der Waals surface area contributed by atoms with Gasteiger partial charge in [-0.1, -0.05) is 0 Å². The Hall–Kier alpha value is -1.56. The molecule has 0 radical (unpaired) electrons. The molecule has 1 aromatic rings. The van der Waals surface area contributed by atoms with E-state index in [2.05, 4.69) is 16.9 Å². The number of nitrogens with two attached hydrogens (primary N) is 1. The van der Waals surface area contributed by atoms with Gasteiger partial charge in [-0.2, -0.15) is 4.98 Å². The fourth-order valence-corrected chi connectivity index (χ4v) is 3.00. The van der Waals surface area contributed by atoms with Crippen LogP contribution in [0.3, 0.4) is 0 Å². The van der Waals surface area contributed by atoms with E-state index in [4.69, 9.17) is 10.2 Å². The number of oxazole rings is 1. The summed E-state index contributed by atoms with van der Waals surface area (Å²) in [5, 5.41) is 0. The van der Waals surface area contributed by atoms with E-state index in [-0.39, 0.29) is 11.9 Å². The first-order chi connectivity index (χ1) is 9.11. The molecule has 1 aromatic heterocycles. The Labute approximate surface area is 112 Å². The van der Waals surface area contributed by atoms with E-state index < -0.39 is 0 Å². The Bertz CT molecular complexity index is 485. The minimum atomic E-state index is 0.205. The normalized spacial score (nSPS) is 23.6. The molecule has 6 heteroatoms. The van der Waals surface area contributed by atoms with Crippen LogP contribution in [0.4, 0.5) is 6.01 Å². The summed E-state index contributed by atoms with van der Waals surface area (Å²) in [6.45, 7) is 3.38. The lowest BCUT2D eigenvalue weighted by Crippen LogP contribution is -2.37. The molecule has 2 N–H and O–H groups in total. The van der Waals surface area contributed by atoms with Crippen LogP contribution in [0.1, 0.15) is 24.3 Å². The SMILES string of the molecule is CN1CCC(CC(=O)N2CCc3oc(N)nc3C2)C1. The number of rotatable bonds is 2. The van der Waals surface area contributed by atoms with Crippen LogP contribution in [-0.4, -0.2) is 47.4 Å². The van der Waals surface area contributed by atoms with Crippen molar-refractivity contribution in [2.24, 2.45) is 5.92 Å². The average Bonchev–Trinajstić information content (AvgIpc) is 2.93. The molecule has 0 aliphatic carbocycles. The van der Waals surface area contributed by atoms with Crippen molar-refractivity contribution in [2.45, 2.75) is 25.8 Å². The lowest BCUT2D eigenvalue weighted by Gasteiger charge is -2.26. The first kappa shape index (κ1) is 12.5. The van der Waals surface area contributed by atoms with Crippen molar-refractivity contribution in [2.75, 3.05) is 32.4 Å². The molecular weight excluding hydrogens is 244 g/mol. The molecule has 0 aromatic carbocycles. The van der Waals surface area contributed by atoms with Gasteiger partial charge in [0.25, 0.3) is 6.01 Å². The second-order valence-corrected chi connectivity index (χ2v) is 5.61. The van der Waals surface area contributed by atoms with Gasteiger partial charge in [-0.05, 0) is 25.9 Å². The highest BCUT2D eigenvalue weighted by Gasteiger charge is 2.28. The number of carbonyl (C=O) groups excluding carboxylic acids is 1. The summed E-state index contributed by atoms with van der Waals surface area (Å²) in [6, 6.07) is 0.205. The standard InChI is InChI=1S/C13H20N4O2/c1-16-4-2-9(7-16)6-12(18)17-5-3-11-10(8-17)15-13(14)19-11/h9H,2-8H2,1H3,(H2,14,15). The molecule has 0 bridgehead atoms. The topological polar surface area (TPSA) is 75.6 Å². The van der Waals surface area contributed by atoms with E-state index in [1.807, 2.05) is 4.90 Å². The summed E-state index contributed by atoms with van der Waals surface area (Å²) in [4.78, 5) is 20.6. The number of likely N-dealkylation sites (tertiary alicyclic amines) is 1. The van der Waals surface area contributed by atoms with Gasteiger partial charge in [-0.3, -0.25) is 4.79 Å². The van der Waals surface area contributed by atoms with E-state index in [1.165, 1.54) is 0 Å². The van der Waals surface area contributed by atoms with Crippen molar-refractivity contribution >= 4 is 11.9 Å². The third-order valence-electron chi connectivity index (χ3n) is 4.05. The number of nitrogen functional groups attached to an aromatic ring is 1. The quantitative estimate of drug-likeness (QED) is 0.841. The first-order valence-corrected chi connectivity index (χ1v) is 6.82. The number of amides is 1. The van der Waals surface area contributed by atoms with Crippen molar-refractivity contribution in [1.29, 1.82) is 0 Å². The van der Waals surface area contributed by atoms with Crippen LogP contribution in [0.15, 0.2) is 4.42 Å². The molecule has 2 aliphatic rings. The second kappa shape index (κ2) is 4.85. The van der Waals surface area contributed by atoms with Gasteiger partial charge in [0.05, 0.1) is 6.54 Å². The van der Waals surface area contributed by atoms with Crippen LogP contribution in [0.5, 0.6) is 0 Å². The van der Waals surface area contributed by atoms with Crippen LogP contribution < -0.4 is 5.73 Å². The Balaban J connectivity index is 1.60. The number of hydrogen-bond acceptors (Lipinski definition) is 5. The molecule has 3 heterocycles. The van der Waals surface area contributed by atoms with Gasteiger partial charge in [-0.15, -0.1) is 0 Å². The highest BCUT2D eigenvalue weighted by Crippen LogP contribution is 2.24. The fourth-order valence-electron chi connectivity index (χ4n) is 3.00. The minimum Gasteiger partial charge on any atom is -0.428 e. The van der Waals surface area contributed by atoms with E-state index in [1.54, 1.807) is 0 Å². The number of hydrogen-bond donors (Lipinski definition) is 1. The second-order valence-electron chi connectivity index (χ2n) is 5.61. The van der Waals surface area contributed by atoms with Crippen LogP contribution in [0, 0.1) is 5.92 Å². The van der Waals surface area contributed by atoms with E-state index in [9.17, 15) is 4.79 Å². The third kappa shape index (κ3) is 2.58. The molecule has 1 saturated heterocycles. The highest BCUT2D eigenvalue weighted by molar-refractivity contribution is 5.76. The average molecular weight is 264 g/mol. The number of carbonyl (C=O) groups is 1. The zero-order valence-electron chi connectivity index (χ0n) is 11.3. The van der Waals surface area contributed by atoms with Crippen LogP contribution >= 0.6 is 0 Å². The van der Waals surface area contributed by atoms with Gasteiger partial charge in [0.2, 0.25) is 5.91 Å². The summed E-state index contributed by atoms with van der Waals surface area (Å²) in [7, 11) is 2.11. The smallest absolute Gasteiger partial charge is 0.292 e. The van der Waals surface area contributed by atoms with E-state index >= 15 is 0 Å². The summed E-state index contributed by atoms with van der Waals surface area (Å²) in [6.07, 6.45) is 2.49. The molecular formula is C13H20N4O2. The zero-order chi connectivity index (χ0) is 13.4. The molecule has 1 amide bonds. The maximum Gasteiger partial charge on any atom is 0.292 e. The van der Waals surface area contributed by atoms with Gasteiger partial charge in [0.15, 0.2) is 0 Å². The van der Waals surface area contributed by atoms with E-state index in [0.717, 1.165) is 37.4 Å². The Morgan fingerprint density at radius 2 is 2.37 bits per heavy atom. The maximum absolute atomic E-state index is 12.3. The van der Waals surface area contributed by atoms with E-state index in [0.29, 0.717) is 25.4 Å². The Kier molecular flexibility index (Phi) is 3.18. The molecule has 1 fully saturated rings. The minimum absolute atomic E-state index is 0.205. The largest absolute Gasteiger partial charge is 0.428 e. The predicted octanol–water partition coefficient (Wildman–Crippen LogP) is 0.483. The number of fused-ring (bicyclic) bond motifs is 1. The van der Waals surface area contributed by atoms with Gasteiger partial charge in [0, 0.05) is 25.9 Å². The van der Waals surface area contributed by atoms with Crippen LogP contribution in [-0.2, 0) is 17.8 Å². The third-order valence-corrected chi connectivity index (χ3v) is 4.05. The lowest BCUT2D eigenvalue weighted by atomic mass is 10.0. The van der Waals surface area contributed by atoms with Crippen molar-refractivity contribution in [1.82, 2.24) is 14.8 Å². The summed E-state index contributed by atoms with van der Waals surface area (Å²) < 4.78 is 5.30. The predicted molar refractivity (Wildman–Crippen MR) is 70.3 cm³/mol. The first-order valence-electron chi connectivity index (χ1n) is 6.82. The zero-order valence-corrected chi connectivity index (χ0v) is 11.3. The monoisotopic (exact) mass is 264 g/mol. The van der Waals surface area contributed by atoms with Crippen molar-refractivity contribution in [3.63, 3.8) is 0 Å². The molecule has 3 rings (SSSR count). The summed E-state index contributed by atoms with van der Waals surface area (Å²) in [5.74, 6) is 1.57. The van der Waals surface area contributed by atoms with Crippen molar-refractivity contribution in [3.05, 3.63) is 11.5 Å². The molecule has 19 heavy (non-hydrogen) atoms. The fraction of sp³-hybridized carbons (Fsp3) is 0.692. The van der Waals surface area contributed by atoms with Gasteiger partial charge in [-0.25, -0.2) is 0 Å². The maximum atomic E-state index is 12.3. The molecule has 1 unspecified atom stereocenters. The molecule has 2 aliphatic heterocycles. The lowest BCUT2D eigenvalue weighted by molar-refractivity contribution is -0.133. The molecule has 0 saturated carbocycles. The Morgan fingerprint density at radius 1 is 1.53 bits per heavy atom. The van der Waals surface area contributed by atoms with Gasteiger partial charge < -0.3 is 20.0 Å². The van der Waals surface area contributed by atoms with Crippen molar-refractivity contribution < 1.29 is 9.21 Å². The molecule has 104 valence electrons. The Morgan fingerprint density at radius 3 is 3.11 bits per heavy atom. The van der Waals surface area contributed by atoms with Crippen LogP contribution in [0.25, 0.3) is 0 Å². The molecule has 1 atom stereocenters. The highest BCUT2D eigenvalue weighted by atomic mass is 16.4. The van der Waals surface area contributed by atoms with Gasteiger partial charge >= 0.3 is 0 Å². The number of aromatic nitrogens is 1. The van der Waals surface area contributed by atoms with Crippen molar-refractivity contribution in [3.8, 4) is 0 Å². The van der Waals surface area contributed by atoms with Gasteiger partial charge in [0.1, 0.15) is 11.5 Å². The summed E-state index contributed by atoms with van der Waals surface area (Å²) in [5.41, 5.74) is 6.36. The molecule has 0 spiro atoms. The number of anilines is 1. The van der Waals surface area contributed by atoms with Crippen LogP contribution in [0.2, 0.25) is 0 Å². The molecule has 6 nitrogen and oxygen atoms in total. The summed E-state index contributed by atoms with van der Waals surface area (Å²) >= 11 is 0. The number of nitrogens with zero attached hydrogens (tertiary/aromatic N) is 3.